The van der Waals surface area contributed by atoms with Crippen molar-refractivity contribution in [1.82, 2.24) is 0 Å². The number of likely N-dealkylation sites (N-methyl/N-ethyl adjacent to an activating group) is 1. The molecule has 0 saturated carbocycles. The second-order valence-electron chi connectivity index (χ2n) is 8.53. The van der Waals surface area contributed by atoms with Crippen LogP contribution in [0, 0.1) is 0 Å². The summed E-state index contributed by atoms with van der Waals surface area (Å²) in [6.07, 6.45) is 11.3. The van der Waals surface area contributed by atoms with Crippen LogP contribution in [-0.4, -0.2) is 74.4 Å². The van der Waals surface area contributed by atoms with Crippen LogP contribution in [0.15, 0.2) is 12.2 Å². The molecular weight excluding hydrogens is 386 g/mol. The van der Waals surface area contributed by atoms with E-state index >= 15 is 0 Å². The summed E-state index contributed by atoms with van der Waals surface area (Å²) in [6, 6.07) is 0.900. The third-order valence-corrected chi connectivity index (χ3v) is 8.29. The maximum Gasteiger partial charge on any atom is 0.500 e. The lowest BCUT2D eigenvalue weighted by atomic mass is 10.1. The Morgan fingerprint density at radius 2 is 1.24 bits per heavy atom. The first-order chi connectivity index (χ1) is 13.7. The molecule has 29 heavy (non-hydrogen) atoms. The number of rotatable bonds is 19. The van der Waals surface area contributed by atoms with Crippen LogP contribution < -0.4 is 0 Å². The third kappa shape index (κ3) is 14.0. The van der Waals surface area contributed by atoms with Gasteiger partial charge in [-0.2, -0.15) is 0 Å². The van der Waals surface area contributed by atoms with Gasteiger partial charge in [-0.1, -0.05) is 45.1 Å². The molecule has 0 unspecified atom stereocenters. The standard InChI is InChI=1S/C22H46NO5Si/c1-21(2)22(24)28-19-18-23(3,4)17-15-13-11-9-8-10-12-14-16-20-29(25-5,26-6)27-7/h1,8-20H2,2-7H3/q+1. The molecule has 0 aromatic heterocycles. The summed E-state index contributed by atoms with van der Waals surface area (Å²) in [5.41, 5.74) is 0.463. The van der Waals surface area contributed by atoms with Gasteiger partial charge in [0.1, 0.15) is 13.2 Å². The number of hydrogen-bond acceptors (Lipinski definition) is 5. The Morgan fingerprint density at radius 3 is 1.69 bits per heavy atom. The second-order valence-corrected chi connectivity index (χ2v) is 11.6. The van der Waals surface area contributed by atoms with Gasteiger partial charge in [0.15, 0.2) is 0 Å². The molecule has 0 heterocycles. The van der Waals surface area contributed by atoms with Crippen LogP contribution in [0.5, 0.6) is 0 Å². The lowest BCUT2D eigenvalue weighted by Gasteiger charge is -2.29. The van der Waals surface area contributed by atoms with Crippen molar-refractivity contribution in [3.63, 3.8) is 0 Å². The highest BCUT2D eigenvalue weighted by molar-refractivity contribution is 6.60. The van der Waals surface area contributed by atoms with Gasteiger partial charge >= 0.3 is 14.8 Å². The fourth-order valence-electron chi connectivity index (χ4n) is 3.30. The van der Waals surface area contributed by atoms with Crippen LogP contribution in [-0.2, 0) is 22.8 Å². The highest BCUT2D eigenvalue weighted by atomic mass is 28.4. The highest BCUT2D eigenvalue weighted by Crippen LogP contribution is 2.18. The van der Waals surface area contributed by atoms with Crippen molar-refractivity contribution in [3.8, 4) is 0 Å². The summed E-state index contributed by atoms with van der Waals surface area (Å²) >= 11 is 0. The quantitative estimate of drug-likeness (QED) is 0.0984. The number of unbranched alkanes of at least 4 members (excludes halogenated alkanes) is 8. The first-order valence-corrected chi connectivity index (χ1v) is 12.9. The van der Waals surface area contributed by atoms with Crippen LogP contribution >= 0.6 is 0 Å². The molecule has 0 amide bonds. The Morgan fingerprint density at radius 1 is 0.793 bits per heavy atom. The molecule has 0 radical (unpaired) electrons. The van der Waals surface area contributed by atoms with E-state index in [2.05, 4.69) is 20.7 Å². The highest BCUT2D eigenvalue weighted by Gasteiger charge is 2.36. The van der Waals surface area contributed by atoms with Crippen LogP contribution in [0.25, 0.3) is 0 Å². The van der Waals surface area contributed by atoms with E-state index in [1.165, 1.54) is 51.4 Å². The summed E-state index contributed by atoms with van der Waals surface area (Å²) < 4.78 is 22.4. The smallest absolute Gasteiger partial charge is 0.456 e. The predicted octanol–water partition coefficient (Wildman–Crippen LogP) is 4.57. The molecule has 6 nitrogen and oxygen atoms in total. The molecular formula is C22H46NO5Si+. The minimum absolute atomic E-state index is 0.289. The first-order valence-electron chi connectivity index (χ1n) is 11.0. The van der Waals surface area contributed by atoms with Crippen molar-refractivity contribution in [2.75, 3.05) is 55.1 Å². The molecule has 0 aliphatic rings. The van der Waals surface area contributed by atoms with E-state index in [0.717, 1.165) is 30.0 Å². The zero-order valence-corrected chi connectivity index (χ0v) is 20.9. The fraction of sp³-hybridized carbons (Fsp3) is 0.864. The Bertz CT molecular complexity index is 444. The fourth-order valence-corrected chi connectivity index (χ4v) is 5.09. The Kier molecular flexibility index (Phi) is 15.6. The minimum Gasteiger partial charge on any atom is -0.456 e. The zero-order chi connectivity index (χ0) is 22.2. The normalized spacial score (nSPS) is 12.2. The van der Waals surface area contributed by atoms with Gasteiger partial charge in [0.25, 0.3) is 0 Å². The monoisotopic (exact) mass is 432 g/mol. The van der Waals surface area contributed by atoms with Gasteiger partial charge in [-0.25, -0.2) is 4.79 Å². The van der Waals surface area contributed by atoms with Crippen LogP contribution in [0.3, 0.4) is 0 Å². The zero-order valence-electron chi connectivity index (χ0n) is 19.9. The van der Waals surface area contributed by atoms with Crippen molar-refractivity contribution in [2.45, 2.75) is 70.8 Å². The van der Waals surface area contributed by atoms with Gasteiger partial charge in [-0.05, 0) is 26.2 Å². The van der Waals surface area contributed by atoms with Gasteiger partial charge < -0.3 is 22.5 Å². The number of nitrogens with zero attached hydrogens (tertiary/aromatic N) is 1. The van der Waals surface area contributed by atoms with E-state index in [9.17, 15) is 4.79 Å². The topological polar surface area (TPSA) is 54.0 Å². The van der Waals surface area contributed by atoms with E-state index in [1.54, 1.807) is 28.3 Å². The van der Waals surface area contributed by atoms with Crippen LogP contribution in [0.2, 0.25) is 6.04 Å². The average molecular weight is 433 g/mol. The van der Waals surface area contributed by atoms with Crippen molar-refractivity contribution in [2.24, 2.45) is 0 Å². The molecule has 0 aromatic carbocycles. The Labute approximate surface area is 180 Å². The number of carbonyl (C=O) groups is 1. The van der Waals surface area contributed by atoms with Crippen molar-refractivity contribution >= 4 is 14.8 Å². The molecule has 0 atom stereocenters. The third-order valence-electron chi connectivity index (χ3n) is 5.46. The van der Waals surface area contributed by atoms with Gasteiger partial charge in [0.2, 0.25) is 0 Å². The number of esters is 1. The molecule has 0 N–H and O–H groups in total. The molecule has 172 valence electrons. The summed E-state index contributed by atoms with van der Waals surface area (Å²) in [5, 5.41) is 0. The lowest BCUT2D eigenvalue weighted by molar-refractivity contribution is -0.890. The minimum atomic E-state index is -2.37. The Hall–Kier alpha value is -0.733. The van der Waals surface area contributed by atoms with Gasteiger partial charge in [-0.3, -0.25) is 0 Å². The number of carbonyl (C=O) groups excluding carboxylic acids is 1. The van der Waals surface area contributed by atoms with Gasteiger partial charge in [0.05, 0.1) is 20.6 Å². The van der Waals surface area contributed by atoms with Crippen molar-refractivity contribution in [3.05, 3.63) is 12.2 Å². The molecule has 0 saturated heterocycles. The summed E-state index contributed by atoms with van der Waals surface area (Å²) in [7, 11) is 7.06. The van der Waals surface area contributed by atoms with Gasteiger partial charge in [-0.15, -0.1) is 0 Å². The van der Waals surface area contributed by atoms with E-state index in [-0.39, 0.29) is 5.97 Å². The Balaban J connectivity index is 3.58. The first kappa shape index (κ1) is 28.3. The van der Waals surface area contributed by atoms with Crippen LogP contribution in [0.4, 0.5) is 0 Å². The van der Waals surface area contributed by atoms with E-state index in [4.69, 9.17) is 18.0 Å². The average Bonchev–Trinajstić information content (AvgIpc) is 2.69. The van der Waals surface area contributed by atoms with Crippen molar-refractivity contribution in [1.29, 1.82) is 0 Å². The number of ether oxygens (including phenoxy) is 1. The largest absolute Gasteiger partial charge is 0.500 e. The lowest BCUT2D eigenvalue weighted by Crippen LogP contribution is -2.43. The van der Waals surface area contributed by atoms with Crippen molar-refractivity contribution < 1.29 is 27.3 Å². The molecule has 0 rings (SSSR count). The maximum atomic E-state index is 11.4. The molecule has 0 spiro atoms. The van der Waals surface area contributed by atoms with E-state index < -0.39 is 8.80 Å². The molecule has 7 heteroatoms. The number of hydrogen-bond donors (Lipinski definition) is 0. The molecule has 0 fully saturated rings. The summed E-state index contributed by atoms with van der Waals surface area (Å²) in [6.45, 7) is 7.71. The van der Waals surface area contributed by atoms with Gasteiger partial charge in [0, 0.05) is 32.9 Å². The maximum absolute atomic E-state index is 11.4. The second kappa shape index (κ2) is 16.0. The predicted molar refractivity (Wildman–Crippen MR) is 121 cm³/mol. The molecule has 0 aliphatic carbocycles. The molecule has 0 bridgehead atoms. The van der Waals surface area contributed by atoms with Crippen LogP contribution in [0.1, 0.15) is 64.7 Å². The molecule has 0 aromatic rings. The summed E-state index contributed by atoms with van der Waals surface area (Å²) in [4.78, 5) is 11.4. The van der Waals surface area contributed by atoms with E-state index in [1.807, 2.05) is 0 Å². The molecule has 0 aliphatic heterocycles. The SMILES string of the molecule is C=C(C)C(=O)OCC[N+](C)(C)CCCCCCCCCCC[Si](OC)(OC)OC. The van der Waals surface area contributed by atoms with E-state index in [0.29, 0.717) is 12.2 Å². The summed E-state index contributed by atoms with van der Waals surface area (Å²) in [5.74, 6) is -0.289. The number of quaternary nitrogens is 1.